The summed E-state index contributed by atoms with van der Waals surface area (Å²) in [6.45, 7) is 0.197. The number of carbonyl (C=O) groups is 1. The first-order chi connectivity index (χ1) is 11.4. The molecule has 0 spiro atoms. The van der Waals surface area contributed by atoms with Crippen LogP contribution in [0, 0.1) is 5.82 Å². The SMILES string of the molecule is Cn1c(=O)n(C)c2cc(CNC(=O)c3c(F)cccc3Cl)ccc21. The fraction of sp³-hybridized carbons (Fsp3) is 0.176. The summed E-state index contributed by atoms with van der Waals surface area (Å²) in [5.74, 6) is -1.25. The van der Waals surface area contributed by atoms with E-state index in [9.17, 15) is 14.0 Å². The van der Waals surface area contributed by atoms with Crippen LogP contribution in [0.1, 0.15) is 15.9 Å². The number of imidazole rings is 1. The Labute approximate surface area is 142 Å². The largest absolute Gasteiger partial charge is 0.348 e. The molecule has 7 heteroatoms. The minimum atomic E-state index is -0.666. The summed E-state index contributed by atoms with van der Waals surface area (Å²) >= 11 is 5.88. The van der Waals surface area contributed by atoms with E-state index in [-0.39, 0.29) is 22.8 Å². The maximum absolute atomic E-state index is 13.7. The second-order valence-corrected chi connectivity index (χ2v) is 5.91. The number of rotatable bonds is 3. The third-order valence-electron chi connectivity index (χ3n) is 3.98. The van der Waals surface area contributed by atoms with E-state index in [4.69, 9.17) is 11.6 Å². The average Bonchev–Trinajstić information content (AvgIpc) is 2.77. The number of hydrogen-bond donors (Lipinski definition) is 1. The van der Waals surface area contributed by atoms with Gasteiger partial charge in [-0.2, -0.15) is 0 Å². The second-order valence-electron chi connectivity index (χ2n) is 5.50. The summed E-state index contributed by atoms with van der Waals surface area (Å²) in [6, 6.07) is 9.54. The van der Waals surface area contributed by atoms with Gasteiger partial charge >= 0.3 is 5.69 Å². The van der Waals surface area contributed by atoms with E-state index in [2.05, 4.69) is 5.32 Å². The summed E-state index contributed by atoms with van der Waals surface area (Å²) in [5, 5.41) is 2.71. The number of aryl methyl sites for hydroxylation is 2. The van der Waals surface area contributed by atoms with Crippen LogP contribution in [0.5, 0.6) is 0 Å². The highest BCUT2D eigenvalue weighted by atomic mass is 35.5. The van der Waals surface area contributed by atoms with Crippen molar-refractivity contribution in [3.8, 4) is 0 Å². The van der Waals surface area contributed by atoms with Gasteiger partial charge in [0.05, 0.1) is 21.6 Å². The topological polar surface area (TPSA) is 56.0 Å². The van der Waals surface area contributed by atoms with Crippen molar-refractivity contribution in [2.45, 2.75) is 6.54 Å². The molecule has 0 aliphatic rings. The minimum absolute atomic E-state index is 0.0633. The Bertz CT molecular complexity index is 987. The first kappa shape index (κ1) is 16.3. The van der Waals surface area contributed by atoms with Crippen LogP contribution in [0.4, 0.5) is 4.39 Å². The van der Waals surface area contributed by atoms with Crippen LogP contribution in [0.25, 0.3) is 11.0 Å². The summed E-state index contributed by atoms with van der Waals surface area (Å²) in [6.07, 6.45) is 0. The number of halogens is 2. The molecule has 0 radical (unpaired) electrons. The van der Waals surface area contributed by atoms with Crippen LogP contribution in [0.2, 0.25) is 5.02 Å². The average molecular weight is 348 g/mol. The van der Waals surface area contributed by atoms with E-state index in [0.29, 0.717) is 0 Å². The van der Waals surface area contributed by atoms with Crippen LogP contribution >= 0.6 is 11.6 Å². The number of carbonyl (C=O) groups excluding carboxylic acids is 1. The predicted molar refractivity (Wildman–Crippen MR) is 90.7 cm³/mol. The molecule has 124 valence electrons. The lowest BCUT2D eigenvalue weighted by Gasteiger charge is -2.08. The molecular formula is C17H15ClFN3O2. The summed E-state index contributed by atoms with van der Waals surface area (Å²) in [5.41, 5.74) is 2.06. The highest BCUT2D eigenvalue weighted by Crippen LogP contribution is 2.19. The maximum Gasteiger partial charge on any atom is 0.328 e. The van der Waals surface area contributed by atoms with Gasteiger partial charge in [-0.25, -0.2) is 9.18 Å². The summed E-state index contributed by atoms with van der Waals surface area (Å²) < 4.78 is 16.8. The Morgan fingerprint density at radius 1 is 1.17 bits per heavy atom. The van der Waals surface area contributed by atoms with Crippen molar-refractivity contribution < 1.29 is 9.18 Å². The molecule has 0 atom stereocenters. The van der Waals surface area contributed by atoms with Crippen LogP contribution in [-0.4, -0.2) is 15.0 Å². The fourth-order valence-corrected chi connectivity index (χ4v) is 2.90. The zero-order valence-corrected chi connectivity index (χ0v) is 13.9. The Morgan fingerprint density at radius 2 is 1.88 bits per heavy atom. The molecule has 2 aromatic carbocycles. The third kappa shape index (κ3) is 2.69. The van der Waals surface area contributed by atoms with Gasteiger partial charge in [-0.15, -0.1) is 0 Å². The standard InChI is InChI=1S/C17H15ClFN3O2/c1-21-13-7-6-10(8-14(13)22(2)17(21)24)9-20-16(23)15-11(18)4-3-5-12(15)19/h3-8H,9H2,1-2H3,(H,20,23). The van der Waals surface area contributed by atoms with Gasteiger partial charge in [0.1, 0.15) is 5.82 Å². The number of aromatic nitrogens is 2. The van der Waals surface area contributed by atoms with Gasteiger partial charge in [0.25, 0.3) is 5.91 Å². The summed E-state index contributed by atoms with van der Waals surface area (Å²) in [7, 11) is 3.39. The number of benzene rings is 2. The van der Waals surface area contributed by atoms with Crippen LogP contribution in [-0.2, 0) is 20.6 Å². The van der Waals surface area contributed by atoms with Crippen molar-refractivity contribution >= 4 is 28.5 Å². The molecule has 0 fully saturated rings. The van der Waals surface area contributed by atoms with E-state index in [0.717, 1.165) is 16.6 Å². The molecule has 1 heterocycles. The van der Waals surface area contributed by atoms with Crippen molar-refractivity contribution in [2.24, 2.45) is 14.1 Å². The number of nitrogens with one attached hydrogen (secondary N) is 1. The predicted octanol–water partition coefficient (Wildman–Crippen LogP) is 2.60. The van der Waals surface area contributed by atoms with Crippen molar-refractivity contribution in [1.29, 1.82) is 0 Å². The highest BCUT2D eigenvalue weighted by Gasteiger charge is 2.15. The van der Waals surface area contributed by atoms with Gasteiger partial charge in [-0.1, -0.05) is 23.7 Å². The van der Waals surface area contributed by atoms with Crippen molar-refractivity contribution in [2.75, 3.05) is 0 Å². The fourth-order valence-electron chi connectivity index (χ4n) is 2.65. The molecule has 0 bridgehead atoms. The molecule has 3 aromatic rings. The molecule has 0 aliphatic carbocycles. The lowest BCUT2D eigenvalue weighted by molar-refractivity contribution is 0.0947. The summed E-state index contributed by atoms with van der Waals surface area (Å²) in [4.78, 5) is 24.1. The lowest BCUT2D eigenvalue weighted by Crippen LogP contribution is -2.24. The molecular weight excluding hydrogens is 333 g/mol. The molecule has 1 N–H and O–H groups in total. The molecule has 0 saturated carbocycles. The maximum atomic E-state index is 13.7. The molecule has 1 aromatic heterocycles. The molecule has 3 rings (SSSR count). The normalized spacial score (nSPS) is 11.0. The van der Waals surface area contributed by atoms with E-state index in [1.807, 2.05) is 18.2 Å². The van der Waals surface area contributed by atoms with Gasteiger partial charge < -0.3 is 5.32 Å². The molecule has 5 nitrogen and oxygen atoms in total. The van der Waals surface area contributed by atoms with Crippen LogP contribution in [0.15, 0.2) is 41.2 Å². The first-order valence-electron chi connectivity index (χ1n) is 7.26. The molecule has 0 unspecified atom stereocenters. The Hall–Kier alpha value is -2.60. The number of fused-ring (bicyclic) bond motifs is 1. The highest BCUT2D eigenvalue weighted by molar-refractivity contribution is 6.33. The van der Waals surface area contributed by atoms with Crippen LogP contribution in [0.3, 0.4) is 0 Å². The molecule has 1 amide bonds. The van der Waals surface area contributed by atoms with E-state index < -0.39 is 11.7 Å². The van der Waals surface area contributed by atoms with Gasteiger partial charge in [0, 0.05) is 20.6 Å². The van der Waals surface area contributed by atoms with Crippen molar-refractivity contribution in [3.63, 3.8) is 0 Å². The molecule has 0 aliphatic heterocycles. The lowest BCUT2D eigenvalue weighted by atomic mass is 10.1. The second kappa shape index (κ2) is 6.13. The van der Waals surface area contributed by atoms with Gasteiger partial charge in [0.2, 0.25) is 0 Å². The Balaban J connectivity index is 1.85. The van der Waals surface area contributed by atoms with Gasteiger partial charge in [-0.05, 0) is 29.8 Å². The minimum Gasteiger partial charge on any atom is -0.348 e. The van der Waals surface area contributed by atoms with E-state index in [1.165, 1.54) is 22.8 Å². The zero-order chi connectivity index (χ0) is 17.4. The Kier molecular flexibility index (Phi) is 4.15. The van der Waals surface area contributed by atoms with Crippen molar-refractivity contribution in [1.82, 2.24) is 14.5 Å². The van der Waals surface area contributed by atoms with Gasteiger partial charge in [-0.3, -0.25) is 13.9 Å². The first-order valence-corrected chi connectivity index (χ1v) is 7.64. The van der Waals surface area contributed by atoms with Crippen LogP contribution < -0.4 is 11.0 Å². The number of nitrogens with zero attached hydrogens (tertiary/aromatic N) is 2. The third-order valence-corrected chi connectivity index (χ3v) is 4.29. The van der Waals surface area contributed by atoms with Gasteiger partial charge in [0.15, 0.2) is 0 Å². The van der Waals surface area contributed by atoms with E-state index >= 15 is 0 Å². The zero-order valence-electron chi connectivity index (χ0n) is 13.1. The number of amides is 1. The monoisotopic (exact) mass is 347 g/mol. The molecule has 24 heavy (non-hydrogen) atoms. The smallest absolute Gasteiger partial charge is 0.328 e. The Morgan fingerprint density at radius 3 is 2.58 bits per heavy atom. The quantitative estimate of drug-likeness (QED) is 0.791. The number of hydrogen-bond acceptors (Lipinski definition) is 2. The molecule has 0 saturated heterocycles. The van der Waals surface area contributed by atoms with Crippen molar-refractivity contribution in [3.05, 3.63) is 68.8 Å². The van der Waals surface area contributed by atoms with E-state index in [1.54, 1.807) is 18.7 Å².